The number of nitro benzene ring substituents is 2. The Morgan fingerprint density at radius 3 is 1.86 bits per heavy atom. The van der Waals surface area contributed by atoms with Gasteiger partial charge in [0.1, 0.15) is 10.7 Å². The summed E-state index contributed by atoms with van der Waals surface area (Å²) in [5.41, 5.74) is 2.02. The molecule has 0 aliphatic rings. The van der Waals surface area contributed by atoms with Gasteiger partial charge in [-0.1, -0.05) is 84.4 Å². The number of hydrogen-bond donors (Lipinski definition) is 0. The molecule has 0 radical (unpaired) electrons. The minimum atomic E-state index is -0.653. The molecule has 36 heavy (non-hydrogen) atoms. The molecular formula is C27H24N4O4S. The van der Waals surface area contributed by atoms with Gasteiger partial charge in [-0.05, 0) is 37.1 Å². The van der Waals surface area contributed by atoms with Crippen LogP contribution in [0.3, 0.4) is 0 Å². The third-order valence-corrected chi connectivity index (χ3v) is 5.84. The molecular weight excluding hydrogens is 476 g/mol. The zero-order chi connectivity index (χ0) is 25.9. The maximum absolute atomic E-state index is 11.5. The van der Waals surface area contributed by atoms with E-state index in [2.05, 4.69) is 0 Å². The van der Waals surface area contributed by atoms with Crippen molar-refractivity contribution in [2.45, 2.75) is 11.8 Å². The van der Waals surface area contributed by atoms with Crippen LogP contribution < -0.4 is 0 Å². The first kappa shape index (κ1) is 26.1. The molecule has 0 bridgehead atoms. The van der Waals surface area contributed by atoms with Crippen molar-refractivity contribution >= 4 is 34.8 Å². The molecule has 0 unspecified atom stereocenters. The second-order valence-electron chi connectivity index (χ2n) is 7.55. The van der Waals surface area contributed by atoms with Gasteiger partial charge in [0.2, 0.25) is 0 Å². The van der Waals surface area contributed by atoms with Crippen LogP contribution in [-0.2, 0) is 0 Å². The Kier molecular flexibility index (Phi) is 9.30. The first-order chi connectivity index (χ1) is 17.3. The monoisotopic (exact) mass is 500 g/mol. The molecule has 0 aliphatic heterocycles. The first-order valence-electron chi connectivity index (χ1n) is 10.9. The van der Waals surface area contributed by atoms with Crippen molar-refractivity contribution in [3.63, 3.8) is 0 Å². The van der Waals surface area contributed by atoms with Crippen molar-refractivity contribution in [2.75, 3.05) is 7.05 Å². The van der Waals surface area contributed by atoms with E-state index in [1.807, 2.05) is 97.9 Å². The van der Waals surface area contributed by atoms with Crippen LogP contribution in [-0.4, -0.2) is 27.0 Å². The Morgan fingerprint density at radius 1 is 0.778 bits per heavy atom. The average Bonchev–Trinajstić information content (AvgIpc) is 2.90. The zero-order valence-electron chi connectivity index (χ0n) is 19.7. The quantitative estimate of drug-likeness (QED) is 0.0911. The van der Waals surface area contributed by atoms with Gasteiger partial charge in [-0.3, -0.25) is 24.5 Å². The fourth-order valence-corrected chi connectivity index (χ4v) is 3.94. The van der Waals surface area contributed by atoms with Crippen LogP contribution in [0.4, 0.5) is 17.1 Å². The summed E-state index contributed by atoms with van der Waals surface area (Å²) >= 11 is 1.08. The zero-order valence-corrected chi connectivity index (χ0v) is 20.5. The number of amidine groups is 1. The van der Waals surface area contributed by atoms with Crippen LogP contribution >= 0.6 is 11.9 Å². The first-order valence-corrected chi connectivity index (χ1v) is 11.7. The van der Waals surface area contributed by atoms with Crippen molar-refractivity contribution in [2.24, 2.45) is 4.99 Å². The summed E-state index contributed by atoms with van der Waals surface area (Å²) < 4.78 is 1.71. The van der Waals surface area contributed by atoms with Crippen LogP contribution in [0, 0.1) is 27.2 Å². The van der Waals surface area contributed by atoms with Crippen molar-refractivity contribution in [3.8, 4) is 0 Å². The number of nitro groups is 2. The van der Waals surface area contributed by atoms with Crippen molar-refractivity contribution in [1.29, 1.82) is 0 Å². The molecule has 0 heterocycles. The lowest BCUT2D eigenvalue weighted by Gasteiger charge is -2.20. The van der Waals surface area contributed by atoms with Gasteiger partial charge in [0.15, 0.2) is 0 Å². The second kappa shape index (κ2) is 12.8. The van der Waals surface area contributed by atoms with Crippen LogP contribution in [0.15, 0.2) is 119 Å². The van der Waals surface area contributed by atoms with E-state index in [1.165, 1.54) is 12.1 Å². The third-order valence-electron chi connectivity index (χ3n) is 4.85. The summed E-state index contributed by atoms with van der Waals surface area (Å²) in [7, 11) is 1.75. The standard InChI is InChI=1S/C21H18N4O4S.C6H6/c1-15-8-10-17(11-9-15)22-21(16-6-4-3-5-7-16)23(2)30-20-13-12-18(24(26)27)14-19(20)25(28)29;1-2-4-6-5-3-1/h3-14H,1-2H3;1-6H. The van der Waals surface area contributed by atoms with Gasteiger partial charge < -0.3 is 0 Å². The number of benzene rings is 4. The van der Waals surface area contributed by atoms with Gasteiger partial charge in [0.25, 0.3) is 11.4 Å². The van der Waals surface area contributed by atoms with Gasteiger partial charge in [0, 0.05) is 18.7 Å². The molecule has 4 rings (SSSR count). The predicted octanol–water partition coefficient (Wildman–Crippen LogP) is 7.22. The molecule has 0 aliphatic carbocycles. The normalized spacial score (nSPS) is 10.7. The molecule has 8 nitrogen and oxygen atoms in total. The Labute approximate surface area is 213 Å². The van der Waals surface area contributed by atoms with Gasteiger partial charge in [-0.2, -0.15) is 0 Å². The summed E-state index contributed by atoms with van der Waals surface area (Å²) in [6.45, 7) is 1.99. The molecule has 4 aromatic rings. The highest BCUT2D eigenvalue weighted by atomic mass is 32.2. The van der Waals surface area contributed by atoms with Gasteiger partial charge >= 0.3 is 0 Å². The lowest BCUT2D eigenvalue weighted by molar-refractivity contribution is -0.396. The molecule has 0 saturated heterocycles. The minimum Gasteiger partial charge on any atom is -0.299 e. The topological polar surface area (TPSA) is 102 Å². The van der Waals surface area contributed by atoms with E-state index in [4.69, 9.17) is 4.99 Å². The highest BCUT2D eigenvalue weighted by molar-refractivity contribution is 7.97. The van der Waals surface area contributed by atoms with Crippen molar-refractivity contribution in [3.05, 3.63) is 141 Å². The van der Waals surface area contributed by atoms with E-state index in [0.29, 0.717) is 5.84 Å². The summed E-state index contributed by atoms with van der Waals surface area (Å²) in [5, 5.41) is 22.4. The predicted molar refractivity (Wildman–Crippen MR) is 144 cm³/mol. The molecule has 4 aromatic carbocycles. The highest BCUT2D eigenvalue weighted by Crippen LogP contribution is 2.35. The fourth-order valence-electron chi connectivity index (χ4n) is 3.06. The smallest absolute Gasteiger partial charge is 0.291 e. The van der Waals surface area contributed by atoms with E-state index >= 15 is 0 Å². The maximum Gasteiger partial charge on any atom is 0.291 e. The van der Waals surface area contributed by atoms with Crippen LogP contribution in [0.1, 0.15) is 11.1 Å². The Hall–Kier alpha value is -4.50. The average molecular weight is 501 g/mol. The van der Waals surface area contributed by atoms with Crippen LogP contribution in [0.2, 0.25) is 0 Å². The number of aliphatic imine (C=N–C) groups is 1. The van der Waals surface area contributed by atoms with Crippen LogP contribution in [0.5, 0.6) is 0 Å². The SMILES string of the molecule is Cc1ccc(N=C(c2ccccc2)N(C)Sc2ccc([N+](=O)[O-])cc2[N+](=O)[O-])cc1.c1ccccc1. The second-order valence-corrected chi connectivity index (χ2v) is 8.72. The molecule has 0 atom stereocenters. The van der Waals surface area contributed by atoms with Crippen molar-refractivity contribution in [1.82, 2.24) is 4.31 Å². The van der Waals surface area contributed by atoms with E-state index in [9.17, 15) is 20.2 Å². The summed E-state index contributed by atoms with van der Waals surface area (Å²) in [5.74, 6) is 0.595. The summed E-state index contributed by atoms with van der Waals surface area (Å²) in [6.07, 6.45) is 0. The number of non-ortho nitro benzene ring substituents is 1. The van der Waals surface area contributed by atoms with E-state index in [-0.39, 0.29) is 16.3 Å². The number of aryl methyl sites for hydroxylation is 1. The fraction of sp³-hybridized carbons (Fsp3) is 0.0741. The van der Waals surface area contributed by atoms with E-state index < -0.39 is 9.85 Å². The van der Waals surface area contributed by atoms with Crippen molar-refractivity contribution < 1.29 is 9.85 Å². The Balaban J connectivity index is 0.000000526. The molecule has 182 valence electrons. The van der Waals surface area contributed by atoms with Gasteiger partial charge in [0.05, 0.1) is 21.6 Å². The molecule has 0 amide bonds. The van der Waals surface area contributed by atoms with E-state index in [1.54, 1.807) is 11.4 Å². The lowest BCUT2D eigenvalue weighted by Crippen LogP contribution is -2.20. The minimum absolute atomic E-state index is 0.278. The third kappa shape index (κ3) is 7.51. The lowest BCUT2D eigenvalue weighted by atomic mass is 10.2. The molecule has 0 fully saturated rings. The van der Waals surface area contributed by atoms with Gasteiger partial charge in [-0.25, -0.2) is 4.99 Å². The summed E-state index contributed by atoms with van der Waals surface area (Å²) in [6, 6.07) is 32.7. The Bertz CT molecular complexity index is 1300. The van der Waals surface area contributed by atoms with Crippen LogP contribution in [0.25, 0.3) is 0 Å². The molecule has 0 spiro atoms. The number of hydrogen-bond acceptors (Lipinski definition) is 6. The molecule has 9 heteroatoms. The number of rotatable bonds is 6. The molecule has 0 aromatic heterocycles. The van der Waals surface area contributed by atoms with E-state index in [0.717, 1.165) is 34.8 Å². The maximum atomic E-state index is 11.5. The van der Waals surface area contributed by atoms with Gasteiger partial charge in [-0.15, -0.1) is 0 Å². The summed E-state index contributed by atoms with van der Waals surface area (Å²) in [4.78, 5) is 26.2. The Morgan fingerprint density at radius 2 is 1.33 bits per heavy atom. The highest BCUT2D eigenvalue weighted by Gasteiger charge is 2.22. The largest absolute Gasteiger partial charge is 0.299 e. The molecule has 0 N–H and O–H groups in total. The number of nitrogens with zero attached hydrogens (tertiary/aromatic N) is 4. The molecule has 0 saturated carbocycles.